The zero-order chi connectivity index (χ0) is 18.2. The first-order valence-corrected chi connectivity index (χ1v) is 8.59. The molecule has 0 amide bonds. The fourth-order valence-corrected chi connectivity index (χ4v) is 2.37. The highest BCUT2D eigenvalue weighted by molar-refractivity contribution is 5.60. The van der Waals surface area contributed by atoms with Gasteiger partial charge in [0.1, 0.15) is 17.3 Å². The van der Waals surface area contributed by atoms with E-state index in [0.717, 1.165) is 22.9 Å². The Labute approximate surface area is 153 Å². The molecule has 6 heteroatoms. The number of aromatic nitrogens is 2. The van der Waals surface area contributed by atoms with Crippen LogP contribution in [0.5, 0.6) is 11.5 Å². The molecule has 2 aromatic carbocycles. The first-order chi connectivity index (χ1) is 12.8. The number of rotatable bonds is 8. The van der Waals surface area contributed by atoms with Crippen LogP contribution in [0.25, 0.3) is 0 Å². The van der Waals surface area contributed by atoms with Crippen LogP contribution in [0.2, 0.25) is 0 Å². The zero-order valence-corrected chi connectivity index (χ0v) is 14.9. The first-order valence-electron chi connectivity index (χ1n) is 8.59. The molecule has 0 fully saturated rings. The minimum atomic E-state index is 0.519. The second kappa shape index (κ2) is 8.71. The summed E-state index contributed by atoms with van der Waals surface area (Å²) in [6.07, 6.45) is 1.71. The van der Waals surface area contributed by atoms with Crippen LogP contribution in [0.4, 0.5) is 23.1 Å². The molecule has 6 nitrogen and oxygen atoms in total. The lowest BCUT2D eigenvalue weighted by Gasteiger charge is -2.10. The van der Waals surface area contributed by atoms with E-state index in [2.05, 4.69) is 20.6 Å². The lowest BCUT2D eigenvalue weighted by Crippen LogP contribution is -2.00. The van der Waals surface area contributed by atoms with Gasteiger partial charge in [-0.25, -0.2) is 4.98 Å². The molecule has 2 N–H and O–H groups in total. The molecule has 3 aromatic rings. The predicted octanol–water partition coefficient (Wildman–Crippen LogP) is 4.76. The summed E-state index contributed by atoms with van der Waals surface area (Å²) >= 11 is 0. The van der Waals surface area contributed by atoms with Gasteiger partial charge < -0.3 is 20.1 Å². The first kappa shape index (κ1) is 17.5. The second-order valence-electron chi connectivity index (χ2n) is 5.43. The van der Waals surface area contributed by atoms with E-state index in [0.29, 0.717) is 25.0 Å². The number of hydrogen-bond donors (Lipinski definition) is 2. The Morgan fingerprint density at radius 3 is 1.81 bits per heavy atom. The standard InChI is InChI=1S/C20H22N4O2/c1-3-25-17-9-5-15(6-10-17)22-19-13-14-21-20(24-19)23-16-7-11-18(12-8-16)26-4-2/h5-14H,3-4H2,1-2H3,(H2,21,22,23,24). The van der Waals surface area contributed by atoms with Crippen molar-refractivity contribution in [2.24, 2.45) is 0 Å². The molecule has 3 rings (SSSR count). The van der Waals surface area contributed by atoms with Gasteiger partial charge >= 0.3 is 0 Å². The van der Waals surface area contributed by atoms with E-state index in [1.165, 1.54) is 0 Å². The highest BCUT2D eigenvalue weighted by Gasteiger charge is 2.02. The topological polar surface area (TPSA) is 68.3 Å². The summed E-state index contributed by atoms with van der Waals surface area (Å²) in [5.41, 5.74) is 1.82. The molecule has 0 aliphatic heterocycles. The summed E-state index contributed by atoms with van der Waals surface area (Å²) in [6, 6.07) is 17.3. The van der Waals surface area contributed by atoms with Crippen molar-refractivity contribution in [3.8, 4) is 11.5 Å². The molecule has 0 saturated carbocycles. The van der Waals surface area contributed by atoms with Gasteiger partial charge in [0.15, 0.2) is 0 Å². The summed E-state index contributed by atoms with van der Waals surface area (Å²) in [4.78, 5) is 8.75. The Morgan fingerprint density at radius 2 is 1.27 bits per heavy atom. The molecule has 0 unspecified atom stereocenters. The van der Waals surface area contributed by atoms with Gasteiger partial charge in [-0.05, 0) is 68.4 Å². The molecular weight excluding hydrogens is 328 g/mol. The summed E-state index contributed by atoms with van der Waals surface area (Å²) < 4.78 is 10.9. The molecule has 0 spiro atoms. The molecule has 0 saturated heterocycles. The third-order valence-corrected chi connectivity index (χ3v) is 3.51. The van der Waals surface area contributed by atoms with Crippen molar-refractivity contribution in [1.29, 1.82) is 0 Å². The van der Waals surface area contributed by atoms with Crippen LogP contribution in [0.1, 0.15) is 13.8 Å². The van der Waals surface area contributed by atoms with Gasteiger partial charge in [0.05, 0.1) is 13.2 Å². The number of benzene rings is 2. The molecule has 1 heterocycles. The minimum Gasteiger partial charge on any atom is -0.494 e. The van der Waals surface area contributed by atoms with Crippen LogP contribution in [0.3, 0.4) is 0 Å². The zero-order valence-electron chi connectivity index (χ0n) is 14.9. The number of anilines is 4. The van der Waals surface area contributed by atoms with Crippen molar-refractivity contribution < 1.29 is 9.47 Å². The van der Waals surface area contributed by atoms with Crippen molar-refractivity contribution >= 4 is 23.1 Å². The Kier molecular flexibility index (Phi) is 5.88. The van der Waals surface area contributed by atoms with Crippen LogP contribution in [-0.2, 0) is 0 Å². The van der Waals surface area contributed by atoms with Crippen molar-refractivity contribution in [1.82, 2.24) is 9.97 Å². The van der Waals surface area contributed by atoms with E-state index < -0.39 is 0 Å². The van der Waals surface area contributed by atoms with Gasteiger partial charge in [0, 0.05) is 17.6 Å². The number of nitrogens with zero attached hydrogens (tertiary/aromatic N) is 2. The third kappa shape index (κ3) is 4.86. The predicted molar refractivity (Wildman–Crippen MR) is 104 cm³/mol. The largest absolute Gasteiger partial charge is 0.494 e. The van der Waals surface area contributed by atoms with Crippen molar-refractivity contribution in [2.45, 2.75) is 13.8 Å². The Balaban J connectivity index is 1.65. The molecular formula is C20H22N4O2. The lowest BCUT2D eigenvalue weighted by molar-refractivity contribution is 0.340. The Hall–Kier alpha value is -3.28. The average Bonchev–Trinajstić information content (AvgIpc) is 2.66. The third-order valence-electron chi connectivity index (χ3n) is 3.51. The Bertz CT molecular complexity index is 753. The van der Waals surface area contributed by atoms with Crippen LogP contribution in [0, 0.1) is 0 Å². The van der Waals surface area contributed by atoms with Gasteiger partial charge in [-0.1, -0.05) is 0 Å². The number of nitrogens with one attached hydrogen (secondary N) is 2. The fourth-order valence-electron chi connectivity index (χ4n) is 2.37. The maximum atomic E-state index is 5.45. The number of ether oxygens (including phenoxy) is 2. The van der Waals surface area contributed by atoms with Crippen molar-refractivity contribution in [3.05, 3.63) is 60.8 Å². The summed E-state index contributed by atoms with van der Waals surface area (Å²) in [5.74, 6) is 2.91. The highest BCUT2D eigenvalue weighted by Crippen LogP contribution is 2.21. The van der Waals surface area contributed by atoms with Crippen LogP contribution in [-0.4, -0.2) is 23.2 Å². The number of hydrogen-bond acceptors (Lipinski definition) is 6. The molecule has 134 valence electrons. The summed E-state index contributed by atoms with van der Waals surface area (Å²) in [6.45, 7) is 5.23. The molecule has 0 aliphatic rings. The van der Waals surface area contributed by atoms with Crippen molar-refractivity contribution in [3.63, 3.8) is 0 Å². The Morgan fingerprint density at radius 1 is 0.731 bits per heavy atom. The SMILES string of the molecule is CCOc1ccc(Nc2ccnc(Nc3ccc(OCC)cc3)n2)cc1. The molecule has 1 aromatic heterocycles. The van der Waals surface area contributed by atoms with Gasteiger partial charge in [-0.15, -0.1) is 0 Å². The van der Waals surface area contributed by atoms with E-state index in [9.17, 15) is 0 Å². The van der Waals surface area contributed by atoms with Gasteiger partial charge in [0.25, 0.3) is 0 Å². The smallest absolute Gasteiger partial charge is 0.229 e. The van der Waals surface area contributed by atoms with Crippen molar-refractivity contribution in [2.75, 3.05) is 23.8 Å². The van der Waals surface area contributed by atoms with Gasteiger partial charge in [-0.3, -0.25) is 0 Å². The fraction of sp³-hybridized carbons (Fsp3) is 0.200. The molecule has 26 heavy (non-hydrogen) atoms. The second-order valence-corrected chi connectivity index (χ2v) is 5.43. The monoisotopic (exact) mass is 350 g/mol. The molecule has 0 aliphatic carbocycles. The molecule has 0 atom stereocenters. The van der Waals surface area contributed by atoms with Crippen LogP contribution in [0.15, 0.2) is 60.8 Å². The highest BCUT2D eigenvalue weighted by atomic mass is 16.5. The normalized spacial score (nSPS) is 10.2. The summed E-state index contributed by atoms with van der Waals surface area (Å²) in [5, 5.41) is 6.45. The van der Waals surface area contributed by atoms with Gasteiger partial charge in [-0.2, -0.15) is 4.98 Å². The molecule has 0 bridgehead atoms. The average molecular weight is 350 g/mol. The van der Waals surface area contributed by atoms with E-state index in [-0.39, 0.29) is 0 Å². The van der Waals surface area contributed by atoms with E-state index in [1.807, 2.05) is 68.4 Å². The lowest BCUT2D eigenvalue weighted by atomic mass is 10.3. The van der Waals surface area contributed by atoms with Crippen LogP contribution < -0.4 is 20.1 Å². The minimum absolute atomic E-state index is 0.519. The van der Waals surface area contributed by atoms with E-state index in [4.69, 9.17) is 9.47 Å². The molecule has 0 radical (unpaired) electrons. The quantitative estimate of drug-likeness (QED) is 0.610. The maximum absolute atomic E-state index is 5.45. The summed E-state index contributed by atoms with van der Waals surface area (Å²) in [7, 11) is 0. The van der Waals surface area contributed by atoms with E-state index >= 15 is 0 Å². The van der Waals surface area contributed by atoms with E-state index in [1.54, 1.807) is 6.20 Å². The van der Waals surface area contributed by atoms with Gasteiger partial charge in [0.2, 0.25) is 5.95 Å². The van der Waals surface area contributed by atoms with Crippen LogP contribution >= 0.6 is 0 Å². The maximum Gasteiger partial charge on any atom is 0.229 e.